The average molecular weight is 360 g/mol. The summed E-state index contributed by atoms with van der Waals surface area (Å²) in [6, 6.07) is 19.3. The number of benzene rings is 2. The molecule has 27 heavy (non-hydrogen) atoms. The lowest BCUT2D eigenvalue weighted by Crippen LogP contribution is -2.30. The number of rotatable bonds is 5. The zero-order chi connectivity index (χ0) is 19.2. The van der Waals surface area contributed by atoms with E-state index in [4.69, 9.17) is 10.00 Å². The van der Waals surface area contributed by atoms with Crippen LogP contribution in [0.25, 0.3) is 11.3 Å². The summed E-state index contributed by atoms with van der Waals surface area (Å²) < 4.78 is 5.19. The Balaban J connectivity index is 1.60. The number of nitriles is 1. The van der Waals surface area contributed by atoms with Crippen LogP contribution < -0.4 is 5.32 Å². The van der Waals surface area contributed by atoms with Gasteiger partial charge in [-0.1, -0.05) is 30.3 Å². The van der Waals surface area contributed by atoms with Gasteiger partial charge in [0.25, 0.3) is 5.91 Å². The summed E-state index contributed by atoms with van der Waals surface area (Å²) in [4.78, 5) is 24.4. The van der Waals surface area contributed by atoms with Gasteiger partial charge in [0.05, 0.1) is 17.3 Å². The summed E-state index contributed by atoms with van der Waals surface area (Å²) >= 11 is 0. The van der Waals surface area contributed by atoms with Gasteiger partial charge in [-0.3, -0.25) is 9.89 Å². The number of hydrogen-bond donors (Lipinski definition) is 2. The van der Waals surface area contributed by atoms with Crippen molar-refractivity contribution in [3.8, 4) is 17.3 Å². The lowest BCUT2D eigenvalue weighted by Gasteiger charge is -2.12. The van der Waals surface area contributed by atoms with Gasteiger partial charge in [0.1, 0.15) is 5.69 Å². The maximum atomic E-state index is 12.2. The Morgan fingerprint density at radius 2 is 1.85 bits per heavy atom. The van der Waals surface area contributed by atoms with E-state index in [1.807, 2.05) is 36.4 Å². The Labute approximate surface area is 155 Å². The fraction of sp³-hybridized carbons (Fsp3) is 0.100. The van der Waals surface area contributed by atoms with Crippen LogP contribution in [-0.2, 0) is 9.53 Å². The highest BCUT2D eigenvalue weighted by Crippen LogP contribution is 2.17. The van der Waals surface area contributed by atoms with Crippen molar-refractivity contribution < 1.29 is 14.3 Å². The van der Waals surface area contributed by atoms with Gasteiger partial charge in [0.15, 0.2) is 6.10 Å². The third kappa shape index (κ3) is 4.38. The van der Waals surface area contributed by atoms with Gasteiger partial charge < -0.3 is 10.1 Å². The second-order valence-electron chi connectivity index (χ2n) is 5.76. The van der Waals surface area contributed by atoms with Crippen molar-refractivity contribution >= 4 is 17.6 Å². The molecular weight excluding hydrogens is 344 g/mol. The molecule has 3 rings (SSSR count). The monoisotopic (exact) mass is 360 g/mol. The van der Waals surface area contributed by atoms with E-state index in [9.17, 15) is 9.59 Å². The molecule has 1 atom stereocenters. The van der Waals surface area contributed by atoms with Crippen molar-refractivity contribution in [1.29, 1.82) is 5.26 Å². The lowest BCUT2D eigenvalue weighted by atomic mass is 10.1. The SMILES string of the molecule is C[C@H](OC(=O)c1cc(-c2ccccc2)n[nH]1)C(=O)Nc1ccc(C#N)cc1. The quantitative estimate of drug-likeness (QED) is 0.680. The second kappa shape index (κ2) is 7.97. The Kier molecular flexibility index (Phi) is 5.28. The largest absolute Gasteiger partial charge is 0.448 e. The van der Waals surface area contributed by atoms with Crippen molar-refractivity contribution in [2.75, 3.05) is 5.32 Å². The number of aromatic amines is 1. The normalized spacial score (nSPS) is 11.3. The zero-order valence-electron chi connectivity index (χ0n) is 14.5. The van der Waals surface area contributed by atoms with E-state index in [-0.39, 0.29) is 5.69 Å². The first-order chi connectivity index (χ1) is 13.1. The molecule has 0 saturated carbocycles. The summed E-state index contributed by atoms with van der Waals surface area (Å²) in [6.07, 6.45) is -1.00. The van der Waals surface area contributed by atoms with Crippen LogP contribution in [0.4, 0.5) is 5.69 Å². The molecule has 0 aliphatic rings. The predicted molar refractivity (Wildman–Crippen MR) is 98.7 cm³/mol. The Bertz CT molecular complexity index is 988. The molecule has 0 fully saturated rings. The minimum Gasteiger partial charge on any atom is -0.448 e. The van der Waals surface area contributed by atoms with Crippen LogP contribution in [-0.4, -0.2) is 28.2 Å². The highest BCUT2D eigenvalue weighted by atomic mass is 16.5. The van der Waals surface area contributed by atoms with Gasteiger partial charge in [0.2, 0.25) is 0 Å². The number of anilines is 1. The van der Waals surface area contributed by atoms with Crippen LogP contribution in [0, 0.1) is 11.3 Å². The predicted octanol–water partition coefficient (Wildman–Crippen LogP) is 3.13. The third-order valence-electron chi connectivity index (χ3n) is 3.80. The average Bonchev–Trinajstić information content (AvgIpc) is 3.19. The first-order valence-electron chi connectivity index (χ1n) is 8.19. The van der Waals surface area contributed by atoms with E-state index in [0.717, 1.165) is 5.56 Å². The van der Waals surface area contributed by atoms with Gasteiger partial charge in [-0.15, -0.1) is 0 Å². The lowest BCUT2D eigenvalue weighted by molar-refractivity contribution is -0.123. The number of aromatic nitrogens is 2. The van der Waals surface area contributed by atoms with E-state index >= 15 is 0 Å². The van der Waals surface area contributed by atoms with Gasteiger partial charge in [-0.2, -0.15) is 10.4 Å². The van der Waals surface area contributed by atoms with E-state index in [2.05, 4.69) is 15.5 Å². The smallest absolute Gasteiger partial charge is 0.357 e. The van der Waals surface area contributed by atoms with Crippen LogP contribution in [0.15, 0.2) is 60.7 Å². The minimum atomic E-state index is -1.00. The number of nitrogens with zero attached hydrogens (tertiary/aromatic N) is 2. The maximum absolute atomic E-state index is 12.2. The number of nitrogens with one attached hydrogen (secondary N) is 2. The van der Waals surface area contributed by atoms with Gasteiger partial charge in [0, 0.05) is 11.3 Å². The molecule has 2 aromatic carbocycles. The minimum absolute atomic E-state index is 0.159. The summed E-state index contributed by atoms with van der Waals surface area (Å²) in [6.45, 7) is 1.48. The number of hydrogen-bond acceptors (Lipinski definition) is 5. The molecule has 0 bridgehead atoms. The molecule has 0 saturated heterocycles. The van der Waals surface area contributed by atoms with Gasteiger partial charge in [-0.25, -0.2) is 4.79 Å². The Hall–Kier alpha value is -3.92. The van der Waals surface area contributed by atoms with Crippen molar-refractivity contribution in [3.05, 3.63) is 71.9 Å². The molecular formula is C20H16N4O3. The number of esters is 1. The molecule has 3 aromatic rings. The molecule has 0 radical (unpaired) electrons. The van der Waals surface area contributed by atoms with E-state index in [1.54, 1.807) is 30.3 Å². The molecule has 0 aliphatic heterocycles. The van der Waals surface area contributed by atoms with Crippen molar-refractivity contribution in [2.45, 2.75) is 13.0 Å². The van der Waals surface area contributed by atoms with Crippen molar-refractivity contribution in [2.24, 2.45) is 0 Å². The molecule has 0 spiro atoms. The highest BCUT2D eigenvalue weighted by molar-refractivity contribution is 5.97. The maximum Gasteiger partial charge on any atom is 0.357 e. The van der Waals surface area contributed by atoms with Crippen LogP contribution >= 0.6 is 0 Å². The topological polar surface area (TPSA) is 108 Å². The van der Waals surface area contributed by atoms with E-state index in [0.29, 0.717) is 16.9 Å². The van der Waals surface area contributed by atoms with E-state index in [1.165, 1.54) is 6.92 Å². The molecule has 1 heterocycles. The fourth-order valence-electron chi connectivity index (χ4n) is 2.33. The summed E-state index contributed by atoms with van der Waals surface area (Å²) in [5.41, 5.74) is 2.62. The standard InChI is InChI=1S/C20H16N4O3/c1-13(19(25)22-16-9-7-14(12-21)8-10-16)27-20(26)18-11-17(23-24-18)15-5-3-2-4-6-15/h2-11,13H,1H3,(H,22,25)(H,23,24)/t13-/m0/s1. The van der Waals surface area contributed by atoms with E-state index < -0.39 is 18.0 Å². The molecule has 0 aliphatic carbocycles. The van der Waals surface area contributed by atoms with Crippen LogP contribution in [0.5, 0.6) is 0 Å². The van der Waals surface area contributed by atoms with Crippen LogP contribution in [0.1, 0.15) is 23.0 Å². The van der Waals surface area contributed by atoms with Crippen LogP contribution in [0.3, 0.4) is 0 Å². The molecule has 1 aromatic heterocycles. The van der Waals surface area contributed by atoms with Crippen LogP contribution in [0.2, 0.25) is 0 Å². The Morgan fingerprint density at radius 3 is 2.52 bits per heavy atom. The highest BCUT2D eigenvalue weighted by Gasteiger charge is 2.20. The summed E-state index contributed by atoms with van der Waals surface area (Å²) in [5, 5.41) is 18.1. The zero-order valence-corrected chi connectivity index (χ0v) is 14.5. The van der Waals surface area contributed by atoms with Crippen molar-refractivity contribution in [1.82, 2.24) is 10.2 Å². The first kappa shape index (κ1) is 17.9. The number of carbonyl (C=O) groups excluding carboxylic acids is 2. The molecule has 2 N–H and O–H groups in total. The fourth-order valence-corrected chi connectivity index (χ4v) is 2.33. The van der Waals surface area contributed by atoms with Crippen molar-refractivity contribution in [3.63, 3.8) is 0 Å². The first-order valence-corrected chi connectivity index (χ1v) is 8.19. The number of H-pyrrole nitrogens is 1. The number of carbonyl (C=O) groups is 2. The summed E-state index contributed by atoms with van der Waals surface area (Å²) in [7, 11) is 0. The third-order valence-corrected chi connectivity index (χ3v) is 3.80. The molecule has 1 amide bonds. The molecule has 7 heteroatoms. The van der Waals surface area contributed by atoms with Gasteiger partial charge in [-0.05, 0) is 37.3 Å². The molecule has 0 unspecified atom stereocenters. The number of ether oxygens (including phenoxy) is 1. The summed E-state index contributed by atoms with van der Waals surface area (Å²) in [5.74, 6) is -1.15. The second-order valence-corrected chi connectivity index (χ2v) is 5.76. The number of amides is 1. The van der Waals surface area contributed by atoms with Gasteiger partial charge >= 0.3 is 5.97 Å². The Morgan fingerprint density at radius 1 is 1.15 bits per heavy atom. The molecule has 7 nitrogen and oxygen atoms in total. The molecule has 134 valence electrons.